The third-order valence-corrected chi connectivity index (χ3v) is 4.31. The number of hydrogen-bond acceptors (Lipinski definition) is 3. The van der Waals surface area contributed by atoms with Gasteiger partial charge in [-0.2, -0.15) is 0 Å². The maximum Gasteiger partial charge on any atom is 0.240 e. The van der Waals surface area contributed by atoms with Crippen molar-refractivity contribution in [2.75, 3.05) is 0 Å². The van der Waals surface area contributed by atoms with E-state index in [2.05, 4.69) is 16.8 Å². The molecule has 1 fully saturated rings. The van der Waals surface area contributed by atoms with Crippen molar-refractivity contribution in [1.82, 2.24) is 5.32 Å². The van der Waals surface area contributed by atoms with Crippen LogP contribution in [0.15, 0.2) is 17.5 Å². The summed E-state index contributed by atoms with van der Waals surface area (Å²) >= 11 is 1.73. The summed E-state index contributed by atoms with van der Waals surface area (Å²) in [5.74, 6) is 0.0269. The van der Waals surface area contributed by atoms with Gasteiger partial charge in [-0.05, 0) is 31.2 Å². The molecule has 1 atom stereocenters. The van der Waals surface area contributed by atoms with E-state index in [-0.39, 0.29) is 11.9 Å². The molecule has 1 aliphatic carbocycles. The first-order chi connectivity index (χ1) is 8.10. The number of nitrogens with two attached hydrogens (primary N) is 1. The lowest BCUT2D eigenvalue weighted by molar-refractivity contribution is -0.126. The molecule has 0 aliphatic heterocycles. The Bertz CT molecular complexity index is 369. The Morgan fingerprint density at radius 3 is 2.88 bits per heavy atom. The van der Waals surface area contributed by atoms with Gasteiger partial charge in [-0.25, -0.2) is 0 Å². The molecule has 1 amide bonds. The van der Waals surface area contributed by atoms with E-state index in [9.17, 15) is 4.79 Å². The molecule has 0 radical (unpaired) electrons. The number of nitrogens with one attached hydrogen (secondary N) is 1. The molecule has 94 valence electrons. The minimum atomic E-state index is -0.607. The van der Waals surface area contributed by atoms with Gasteiger partial charge in [-0.1, -0.05) is 18.9 Å². The molecule has 1 saturated carbocycles. The molecule has 2 rings (SSSR count). The lowest BCUT2D eigenvalue weighted by Crippen LogP contribution is -2.54. The molecule has 0 spiro atoms. The molecule has 0 saturated heterocycles. The topological polar surface area (TPSA) is 55.1 Å². The predicted octanol–water partition coefficient (Wildman–Crippen LogP) is 2.07. The number of rotatable bonds is 4. The van der Waals surface area contributed by atoms with Gasteiger partial charge in [0.2, 0.25) is 5.91 Å². The third kappa shape index (κ3) is 3.07. The Kier molecular flexibility index (Phi) is 3.84. The second-order valence-electron chi connectivity index (χ2n) is 5.02. The van der Waals surface area contributed by atoms with E-state index in [1.54, 1.807) is 11.3 Å². The van der Waals surface area contributed by atoms with Crippen LogP contribution < -0.4 is 11.1 Å². The molecule has 0 aromatic carbocycles. The van der Waals surface area contributed by atoms with Gasteiger partial charge in [0.1, 0.15) is 0 Å². The minimum Gasteiger partial charge on any atom is -0.352 e. The Morgan fingerprint density at radius 1 is 1.59 bits per heavy atom. The maximum atomic E-state index is 12.1. The van der Waals surface area contributed by atoms with Crippen LogP contribution in [-0.2, 0) is 11.2 Å². The number of carbonyl (C=O) groups excluding carboxylic acids is 1. The molecular weight excluding hydrogens is 232 g/mol. The second-order valence-corrected chi connectivity index (χ2v) is 6.05. The Balaban J connectivity index is 1.86. The molecule has 1 unspecified atom stereocenters. The fourth-order valence-electron chi connectivity index (χ4n) is 2.38. The van der Waals surface area contributed by atoms with E-state index in [0.29, 0.717) is 0 Å². The highest BCUT2D eigenvalue weighted by Gasteiger charge is 2.37. The van der Waals surface area contributed by atoms with Gasteiger partial charge in [0.25, 0.3) is 0 Å². The van der Waals surface area contributed by atoms with Crippen molar-refractivity contribution in [3.8, 4) is 0 Å². The molecule has 3 N–H and O–H groups in total. The zero-order chi connectivity index (χ0) is 12.3. The number of amides is 1. The van der Waals surface area contributed by atoms with E-state index in [1.165, 1.54) is 4.88 Å². The highest BCUT2D eigenvalue weighted by atomic mass is 32.1. The van der Waals surface area contributed by atoms with Gasteiger partial charge in [-0.15, -0.1) is 11.3 Å². The van der Waals surface area contributed by atoms with Gasteiger partial charge in [0.05, 0.1) is 5.54 Å². The first kappa shape index (κ1) is 12.6. The molecule has 4 heteroatoms. The minimum absolute atomic E-state index is 0.0269. The van der Waals surface area contributed by atoms with Crippen LogP contribution in [0, 0.1) is 0 Å². The van der Waals surface area contributed by atoms with Gasteiger partial charge < -0.3 is 11.1 Å². The summed E-state index contributed by atoms with van der Waals surface area (Å²) < 4.78 is 0. The van der Waals surface area contributed by atoms with Crippen molar-refractivity contribution in [1.29, 1.82) is 0 Å². The molecule has 17 heavy (non-hydrogen) atoms. The molecule has 3 nitrogen and oxygen atoms in total. The van der Waals surface area contributed by atoms with E-state index < -0.39 is 5.54 Å². The first-order valence-electron chi connectivity index (χ1n) is 6.22. The summed E-state index contributed by atoms with van der Waals surface area (Å²) in [7, 11) is 0. The quantitative estimate of drug-likeness (QED) is 0.862. The van der Waals surface area contributed by atoms with Crippen molar-refractivity contribution >= 4 is 17.2 Å². The first-order valence-corrected chi connectivity index (χ1v) is 7.10. The Hall–Kier alpha value is -0.870. The highest BCUT2D eigenvalue weighted by Crippen LogP contribution is 2.27. The van der Waals surface area contributed by atoms with E-state index in [4.69, 9.17) is 5.73 Å². The second kappa shape index (κ2) is 5.19. The zero-order valence-corrected chi connectivity index (χ0v) is 11.1. The average Bonchev–Trinajstić information content (AvgIpc) is 2.90. The summed E-state index contributed by atoms with van der Waals surface area (Å²) in [6.45, 7) is 2.04. The van der Waals surface area contributed by atoms with Crippen molar-refractivity contribution in [3.63, 3.8) is 0 Å². The van der Waals surface area contributed by atoms with Crippen LogP contribution in [0.4, 0.5) is 0 Å². The average molecular weight is 252 g/mol. The van der Waals surface area contributed by atoms with Gasteiger partial charge in [-0.3, -0.25) is 4.79 Å². The molecule has 1 aromatic heterocycles. The fraction of sp³-hybridized carbons (Fsp3) is 0.615. The normalized spacial score (nSPS) is 20.1. The van der Waals surface area contributed by atoms with Crippen molar-refractivity contribution in [2.24, 2.45) is 5.73 Å². The summed E-state index contributed by atoms with van der Waals surface area (Å²) in [4.78, 5) is 13.4. The maximum absolute atomic E-state index is 12.1. The summed E-state index contributed by atoms with van der Waals surface area (Å²) in [5, 5.41) is 5.10. The van der Waals surface area contributed by atoms with Crippen LogP contribution in [0.5, 0.6) is 0 Å². The van der Waals surface area contributed by atoms with Crippen LogP contribution >= 0.6 is 11.3 Å². The van der Waals surface area contributed by atoms with E-state index >= 15 is 0 Å². The van der Waals surface area contributed by atoms with Crippen molar-refractivity contribution < 1.29 is 4.79 Å². The largest absolute Gasteiger partial charge is 0.352 e. The van der Waals surface area contributed by atoms with Crippen LogP contribution in [-0.4, -0.2) is 17.5 Å². The number of hydrogen-bond donors (Lipinski definition) is 2. The van der Waals surface area contributed by atoms with Crippen LogP contribution in [0.25, 0.3) is 0 Å². The van der Waals surface area contributed by atoms with Gasteiger partial charge in [0, 0.05) is 17.3 Å². The van der Waals surface area contributed by atoms with Crippen LogP contribution in [0.2, 0.25) is 0 Å². The lowest BCUT2D eigenvalue weighted by Gasteiger charge is -2.25. The van der Waals surface area contributed by atoms with Crippen molar-refractivity contribution in [3.05, 3.63) is 22.4 Å². The monoisotopic (exact) mass is 252 g/mol. The molecule has 1 aliphatic rings. The Labute approximate surface area is 106 Å². The van der Waals surface area contributed by atoms with Crippen molar-refractivity contribution in [2.45, 2.75) is 50.6 Å². The van der Waals surface area contributed by atoms with E-state index in [0.717, 1.165) is 32.1 Å². The number of thiophene rings is 1. The Morgan fingerprint density at radius 2 is 2.29 bits per heavy atom. The highest BCUT2D eigenvalue weighted by molar-refractivity contribution is 7.09. The molecule has 1 aromatic rings. The lowest BCUT2D eigenvalue weighted by atomic mass is 9.97. The standard InChI is InChI=1S/C13H20N2OS/c1-10(9-11-5-4-8-17-11)15-12(16)13(14)6-2-3-7-13/h4-5,8,10H,2-3,6-7,9,14H2,1H3,(H,15,16). The molecular formula is C13H20N2OS. The SMILES string of the molecule is CC(Cc1cccs1)NC(=O)C1(N)CCCC1. The van der Waals surface area contributed by atoms with Gasteiger partial charge >= 0.3 is 0 Å². The summed E-state index contributed by atoms with van der Waals surface area (Å²) in [6, 6.07) is 4.29. The van der Waals surface area contributed by atoms with Crippen LogP contribution in [0.1, 0.15) is 37.5 Å². The molecule has 1 heterocycles. The molecule has 0 bridgehead atoms. The third-order valence-electron chi connectivity index (χ3n) is 3.41. The summed E-state index contributed by atoms with van der Waals surface area (Å²) in [5.41, 5.74) is 5.51. The summed E-state index contributed by atoms with van der Waals surface area (Å²) in [6.07, 6.45) is 4.68. The smallest absolute Gasteiger partial charge is 0.240 e. The predicted molar refractivity (Wildman–Crippen MR) is 71.0 cm³/mol. The zero-order valence-electron chi connectivity index (χ0n) is 10.2. The number of carbonyl (C=O) groups is 1. The van der Waals surface area contributed by atoms with Crippen LogP contribution in [0.3, 0.4) is 0 Å². The van der Waals surface area contributed by atoms with Gasteiger partial charge in [0.15, 0.2) is 0 Å². The fourth-order valence-corrected chi connectivity index (χ4v) is 3.22. The van der Waals surface area contributed by atoms with E-state index in [1.807, 2.05) is 13.0 Å².